The highest BCUT2D eigenvalue weighted by Gasteiger charge is 2.50. The Labute approximate surface area is 327 Å². The SMILES string of the molecule is c1ccc(C2=NC(c3ccc(-c4ccc(-c5ccc6c(c5)Oc5ccccc5C65c6ccccc6-c6ccccc65)cc4)cc3)=NC(c3ccccc3)C2)cc1. The fourth-order valence-corrected chi connectivity index (χ4v) is 9.11. The molecule has 2 aliphatic heterocycles. The molecule has 2 heterocycles. The van der Waals surface area contributed by atoms with Crippen LogP contribution < -0.4 is 4.74 Å². The highest BCUT2D eigenvalue weighted by Crippen LogP contribution is 2.62. The minimum absolute atomic E-state index is 0.0187. The molecule has 0 saturated heterocycles. The molecule has 1 unspecified atom stereocenters. The summed E-state index contributed by atoms with van der Waals surface area (Å²) in [6, 6.07) is 71.5. The van der Waals surface area contributed by atoms with Crippen molar-refractivity contribution in [2.45, 2.75) is 17.9 Å². The van der Waals surface area contributed by atoms with Crippen molar-refractivity contribution < 1.29 is 4.74 Å². The maximum atomic E-state index is 6.76. The average molecular weight is 717 g/mol. The highest BCUT2D eigenvalue weighted by atomic mass is 16.5. The Kier molecular flexibility index (Phi) is 7.53. The first-order valence-corrected chi connectivity index (χ1v) is 19.3. The minimum Gasteiger partial charge on any atom is -0.457 e. The molecule has 1 spiro atoms. The third kappa shape index (κ3) is 5.12. The quantitative estimate of drug-likeness (QED) is 0.175. The fraction of sp³-hybridized carbons (Fsp3) is 0.0566. The van der Waals surface area contributed by atoms with Gasteiger partial charge in [0, 0.05) is 23.1 Å². The van der Waals surface area contributed by atoms with Crippen LogP contribution >= 0.6 is 0 Å². The molecule has 11 rings (SSSR count). The molecule has 0 amide bonds. The van der Waals surface area contributed by atoms with E-state index in [1.165, 1.54) is 38.9 Å². The largest absolute Gasteiger partial charge is 0.457 e. The number of rotatable bonds is 5. The van der Waals surface area contributed by atoms with Crippen LogP contribution in [-0.2, 0) is 5.41 Å². The molecule has 1 aliphatic carbocycles. The van der Waals surface area contributed by atoms with Crippen LogP contribution in [0.3, 0.4) is 0 Å². The molecule has 3 nitrogen and oxygen atoms in total. The number of hydrogen-bond donors (Lipinski definition) is 0. The average Bonchev–Trinajstić information content (AvgIpc) is 3.57. The maximum absolute atomic E-state index is 6.76. The zero-order valence-electron chi connectivity index (χ0n) is 30.6. The minimum atomic E-state index is -0.452. The van der Waals surface area contributed by atoms with Crippen LogP contribution in [0.15, 0.2) is 210 Å². The number of nitrogens with zero attached hydrogens (tertiary/aromatic N) is 2. The summed E-state index contributed by atoms with van der Waals surface area (Å²) in [6.45, 7) is 0. The summed E-state index contributed by atoms with van der Waals surface area (Å²) in [7, 11) is 0. The second-order valence-electron chi connectivity index (χ2n) is 14.8. The molecule has 0 radical (unpaired) electrons. The number of benzene rings is 8. The molecule has 0 aromatic heterocycles. The Morgan fingerprint density at radius 3 is 1.57 bits per heavy atom. The van der Waals surface area contributed by atoms with Gasteiger partial charge in [0.1, 0.15) is 11.5 Å². The van der Waals surface area contributed by atoms with Gasteiger partial charge in [-0.25, -0.2) is 4.99 Å². The predicted molar refractivity (Wildman–Crippen MR) is 228 cm³/mol. The maximum Gasteiger partial charge on any atom is 0.155 e. The van der Waals surface area contributed by atoms with E-state index in [1.807, 2.05) is 6.07 Å². The van der Waals surface area contributed by atoms with E-state index in [4.69, 9.17) is 14.7 Å². The lowest BCUT2D eigenvalue weighted by molar-refractivity contribution is 0.436. The van der Waals surface area contributed by atoms with Crippen molar-refractivity contribution in [3.8, 4) is 44.9 Å². The van der Waals surface area contributed by atoms with Crippen molar-refractivity contribution >= 4 is 11.5 Å². The Hall–Kier alpha value is -7.10. The van der Waals surface area contributed by atoms with Gasteiger partial charge in [0.15, 0.2) is 5.84 Å². The Morgan fingerprint density at radius 2 is 0.911 bits per heavy atom. The van der Waals surface area contributed by atoms with E-state index in [-0.39, 0.29) is 6.04 Å². The zero-order valence-corrected chi connectivity index (χ0v) is 30.6. The standard InChI is InChI=1S/C53H36N2O/c1-3-13-38(14-4-1)48-34-49(39-15-5-2-6-16-39)55-52(54-48)40-29-27-36(28-30-40)35-23-25-37(26-24-35)41-31-32-47-51(33-41)56-50-22-12-11-21-46(50)53(47)44-19-9-7-17-42(44)43-18-8-10-20-45(43)53/h1-33,48H,34H2. The normalized spacial score (nSPS) is 15.8. The van der Waals surface area contributed by atoms with E-state index in [2.05, 4.69) is 194 Å². The second-order valence-corrected chi connectivity index (χ2v) is 14.8. The number of ether oxygens (including phenoxy) is 1. The summed E-state index contributed by atoms with van der Waals surface area (Å²) in [5, 5.41) is 0. The van der Waals surface area contributed by atoms with Crippen molar-refractivity contribution in [3.05, 3.63) is 239 Å². The van der Waals surface area contributed by atoms with Crippen molar-refractivity contribution in [1.29, 1.82) is 0 Å². The second kappa shape index (κ2) is 13.0. The van der Waals surface area contributed by atoms with Crippen molar-refractivity contribution in [3.63, 3.8) is 0 Å². The van der Waals surface area contributed by atoms with Gasteiger partial charge < -0.3 is 4.74 Å². The molecule has 264 valence electrons. The monoisotopic (exact) mass is 716 g/mol. The van der Waals surface area contributed by atoms with Gasteiger partial charge in [0.05, 0.1) is 17.2 Å². The van der Waals surface area contributed by atoms with E-state index in [9.17, 15) is 0 Å². The summed E-state index contributed by atoms with van der Waals surface area (Å²) in [5.41, 5.74) is 16.1. The van der Waals surface area contributed by atoms with Gasteiger partial charge in [-0.3, -0.25) is 4.99 Å². The highest BCUT2D eigenvalue weighted by molar-refractivity contribution is 6.14. The molecular weight excluding hydrogens is 681 g/mol. The summed E-state index contributed by atoms with van der Waals surface area (Å²) in [4.78, 5) is 10.2. The third-order valence-electron chi connectivity index (χ3n) is 11.7. The number of aliphatic imine (C=N–C) groups is 2. The van der Waals surface area contributed by atoms with Gasteiger partial charge in [0.2, 0.25) is 0 Å². The van der Waals surface area contributed by atoms with E-state index in [0.29, 0.717) is 0 Å². The summed E-state index contributed by atoms with van der Waals surface area (Å²) in [5.74, 6) is 2.57. The molecule has 3 aliphatic rings. The third-order valence-corrected chi connectivity index (χ3v) is 11.7. The van der Waals surface area contributed by atoms with E-state index in [0.717, 1.165) is 62.8 Å². The molecule has 8 aromatic carbocycles. The topological polar surface area (TPSA) is 34.0 Å². The van der Waals surface area contributed by atoms with Gasteiger partial charge in [-0.05, 0) is 67.8 Å². The molecule has 0 saturated carbocycles. The lowest BCUT2D eigenvalue weighted by atomic mass is 9.66. The van der Waals surface area contributed by atoms with Gasteiger partial charge >= 0.3 is 0 Å². The van der Waals surface area contributed by atoms with Gasteiger partial charge in [-0.2, -0.15) is 0 Å². The van der Waals surface area contributed by atoms with Gasteiger partial charge in [0.25, 0.3) is 0 Å². The summed E-state index contributed by atoms with van der Waals surface area (Å²) < 4.78 is 6.76. The number of amidine groups is 1. The van der Waals surface area contributed by atoms with Crippen molar-refractivity contribution in [1.82, 2.24) is 0 Å². The fourth-order valence-electron chi connectivity index (χ4n) is 9.11. The summed E-state index contributed by atoms with van der Waals surface area (Å²) >= 11 is 0. The lowest BCUT2D eigenvalue weighted by Gasteiger charge is -2.39. The van der Waals surface area contributed by atoms with E-state index < -0.39 is 5.41 Å². The van der Waals surface area contributed by atoms with Crippen LogP contribution in [-0.4, -0.2) is 11.5 Å². The molecule has 1 atom stereocenters. The Balaban J connectivity index is 0.918. The van der Waals surface area contributed by atoms with Crippen molar-refractivity contribution in [2.75, 3.05) is 0 Å². The molecule has 3 heteroatoms. The molecule has 0 bridgehead atoms. The molecular formula is C53H36N2O. The molecule has 8 aromatic rings. The van der Waals surface area contributed by atoms with E-state index >= 15 is 0 Å². The summed E-state index contributed by atoms with van der Waals surface area (Å²) in [6.07, 6.45) is 0.772. The number of hydrogen-bond acceptors (Lipinski definition) is 3. The van der Waals surface area contributed by atoms with Crippen LogP contribution in [0.5, 0.6) is 11.5 Å². The number of para-hydroxylation sites is 1. The van der Waals surface area contributed by atoms with Crippen LogP contribution in [0.4, 0.5) is 0 Å². The Bertz CT molecular complexity index is 2790. The lowest BCUT2D eigenvalue weighted by Crippen LogP contribution is -2.32. The molecule has 56 heavy (non-hydrogen) atoms. The van der Waals surface area contributed by atoms with E-state index in [1.54, 1.807) is 0 Å². The first-order valence-electron chi connectivity index (χ1n) is 19.3. The molecule has 0 fully saturated rings. The Morgan fingerprint density at radius 1 is 0.411 bits per heavy atom. The number of fused-ring (bicyclic) bond motifs is 9. The zero-order chi connectivity index (χ0) is 37.1. The smallest absolute Gasteiger partial charge is 0.155 e. The van der Waals surface area contributed by atoms with Crippen LogP contribution in [0.1, 0.15) is 51.4 Å². The first kappa shape index (κ1) is 32.3. The van der Waals surface area contributed by atoms with Gasteiger partial charge in [-0.15, -0.1) is 0 Å². The predicted octanol–water partition coefficient (Wildman–Crippen LogP) is 12.9. The first-order chi connectivity index (χ1) is 27.7. The molecule has 0 N–H and O–H groups in total. The van der Waals surface area contributed by atoms with Crippen molar-refractivity contribution in [2.24, 2.45) is 9.98 Å². The van der Waals surface area contributed by atoms with Gasteiger partial charge in [-0.1, -0.05) is 188 Å². The van der Waals surface area contributed by atoms with Crippen LogP contribution in [0.2, 0.25) is 0 Å². The van der Waals surface area contributed by atoms with Crippen LogP contribution in [0, 0.1) is 0 Å². The van der Waals surface area contributed by atoms with Crippen LogP contribution in [0.25, 0.3) is 33.4 Å².